The number of ether oxygens (including phenoxy) is 1. The number of hydrogen-bond acceptors (Lipinski definition) is 3. The van der Waals surface area contributed by atoms with Gasteiger partial charge in [0.15, 0.2) is 0 Å². The molecule has 0 saturated heterocycles. The lowest BCUT2D eigenvalue weighted by Crippen LogP contribution is -2.44. The summed E-state index contributed by atoms with van der Waals surface area (Å²) in [6.45, 7) is 4.01. The van der Waals surface area contributed by atoms with Gasteiger partial charge in [-0.2, -0.15) is 0 Å². The van der Waals surface area contributed by atoms with E-state index in [9.17, 15) is 9.90 Å². The Morgan fingerprint density at radius 3 is 2.65 bits per heavy atom. The summed E-state index contributed by atoms with van der Waals surface area (Å²) in [6.07, 6.45) is 0. The predicted molar refractivity (Wildman–Crippen MR) is 81.9 cm³/mol. The third-order valence-electron chi connectivity index (χ3n) is 2.63. The van der Waals surface area contributed by atoms with E-state index in [4.69, 9.17) is 4.74 Å². The van der Waals surface area contributed by atoms with Gasteiger partial charge in [-0.15, -0.1) is 0 Å². The number of likely N-dealkylation sites (N-methyl/N-ethyl adjacent to an activating group) is 1. The first-order chi connectivity index (χ1) is 9.23. The number of nitrogens with one attached hydrogen (secondary N) is 1. The van der Waals surface area contributed by atoms with Gasteiger partial charge in [0.25, 0.3) is 0 Å². The van der Waals surface area contributed by atoms with Gasteiger partial charge in [-0.3, -0.25) is 0 Å². The van der Waals surface area contributed by atoms with Crippen LogP contribution in [0.1, 0.15) is 19.4 Å². The molecule has 1 aromatic carbocycles. The van der Waals surface area contributed by atoms with E-state index in [-0.39, 0.29) is 12.6 Å². The van der Waals surface area contributed by atoms with Crippen molar-refractivity contribution in [2.45, 2.75) is 26.0 Å². The second kappa shape index (κ2) is 6.95. The Kier molecular flexibility index (Phi) is 5.83. The lowest BCUT2D eigenvalue weighted by molar-refractivity contribution is 0.0531. The Morgan fingerprint density at radius 1 is 1.50 bits per heavy atom. The van der Waals surface area contributed by atoms with E-state index >= 15 is 0 Å². The minimum atomic E-state index is -0.908. The van der Waals surface area contributed by atoms with Crippen molar-refractivity contribution in [3.05, 3.63) is 28.2 Å². The van der Waals surface area contributed by atoms with E-state index in [2.05, 4.69) is 21.2 Å². The van der Waals surface area contributed by atoms with Gasteiger partial charge in [0, 0.05) is 13.6 Å². The molecule has 0 bridgehead atoms. The zero-order valence-electron chi connectivity index (χ0n) is 12.2. The van der Waals surface area contributed by atoms with Gasteiger partial charge in [-0.05, 0) is 47.5 Å². The van der Waals surface area contributed by atoms with Crippen molar-refractivity contribution in [2.75, 3.05) is 20.7 Å². The van der Waals surface area contributed by atoms with E-state index in [1.54, 1.807) is 28.0 Å². The Bertz CT molecular complexity index is 472. The normalized spacial score (nSPS) is 11.1. The number of carbonyl (C=O) groups excluding carboxylic acids is 1. The van der Waals surface area contributed by atoms with Crippen LogP contribution < -0.4 is 10.1 Å². The first-order valence-electron chi connectivity index (χ1n) is 6.26. The van der Waals surface area contributed by atoms with Crippen LogP contribution in [-0.2, 0) is 6.54 Å². The monoisotopic (exact) mass is 344 g/mol. The van der Waals surface area contributed by atoms with Crippen LogP contribution in [0.25, 0.3) is 0 Å². The van der Waals surface area contributed by atoms with Crippen LogP contribution in [-0.4, -0.2) is 42.3 Å². The molecule has 2 amide bonds. The van der Waals surface area contributed by atoms with E-state index in [0.717, 1.165) is 15.8 Å². The molecule has 0 radical (unpaired) electrons. The fourth-order valence-electron chi connectivity index (χ4n) is 1.78. The molecule has 0 saturated carbocycles. The summed E-state index contributed by atoms with van der Waals surface area (Å²) in [7, 11) is 3.25. The lowest BCUT2D eigenvalue weighted by atomic mass is 10.1. The summed E-state index contributed by atoms with van der Waals surface area (Å²) in [4.78, 5) is 13.3. The molecule has 112 valence electrons. The Hall–Kier alpha value is -1.27. The number of methoxy groups -OCH3 is 1. The molecule has 0 spiro atoms. The zero-order chi connectivity index (χ0) is 15.3. The summed E-state index contributed by atoms with van der Waals surface area (Å²) >= 11 is 3.40. The molecule has 1 aromatic rings. The second-order valence-electron chi connectivity index (χ2n) is 5.30. The highest BCUT2D eigenvalue weighted by Crippen LogP contribution is 2.25. The van der Waals surface area contributed by atoms with Crippen LogP contribution in [0, 0.1) is 0 Å². The van der Waals surface area contributed by atoms with Gasteiger partial charge in [0.1, 0.15) is 5.75 Å². The third kappa shape index (κ3) is 5.38. The number of carbonyl (C=O) groups is 1. The summed E-state index contributed by atoms with van der Waals surface area (Å²) < 4.78 is 5.99. The topological polar surface area (TPSA) is 61.8 Å². The number of aliphatic hydroxyl groups is 1. The van der Waals surface area contributed by atoms with Crippen LogP contribution in [0.4, 0.5) is 4.79 Å². The highest BCUT2D eigenvalue weighted by atomic mass is 79.9. The summed E-state index contributed by atoms with van der Waals surface area (Å²) in [6, 6.07) is 5.40. The Balaban J connectivity index is 2.54. The van der Waals surface area contributed by atoms with Crippen LogP contribution in [0.3, 0.4) is 0 Å². The highest BCUT2D eigenvalue weighted by Gasteiger charge is 2.19. The van der Waals surface area contributed by atoms with E-state index in [0.29, 0.717) is 6.54 Å². The van der Waals surface area contributed by atoms with Gasteiger partial charge >= 0.3 is 6.03 Å². The molecule has 20 heavy (non-hydrogen) atoms. The highest BCUT2D eigenvalue weighted by molar-refractivity contribution is 9.10. The molecule has 1 rings (SSSR count). The molecular weight excluding hydrogens is 324 g/mol. The fourth-order valence-corrected chi connectivity index (χ4v) is 2.37. The predicted octanol–water partition coefficient (Wildman–Crippen LogP) is 2.37. The standard InChI is InChI=1S/C14H21BrN2O3/c1-14(2,19)9-17(3)13(18)16-8-10-5-6-12(20-4)11(15)7-10/h5-7,19H,8-9H2,1-4H3,(H,16,18). The first-order valence-corrected chi connectivity index (χ1v) is 7.06. The molecule has 0 aliphatic rings. The Labute approximate surface area is 128 Å². The molecule has 5 nitrogen and oxygen atoms in total. The first kappa shape index (κ1) is 16.8. The van der Waals surface area contributed by atoms with E-state index in [1.807, 2.05) is 18.2 Å². The quantitative estimate of drug-likeness (QED) is 0.861. The molecule has 0 fully saturated rings. The van der Waals surface area contributed by atoms with Crippen molar-refractivity contribution in [1.82, 2.24) is 10.2 Å². The maximum absolute atomic E-state index is 11.9. The maximum Gasteiger partial charge on any atom is 0.317 e. The SMILES string of the molecule is COc1ccc(CNC(=O)N(C)CC(C)(C)O)cc1Br. The second-order valence-corrected chi connectivity index (χ2v) is 6.15. The number of amides is 2. The molecule has 0 heterocycles. The summed E-state index contributed by atoms with van der Waals surface area (Å²) in [5.41, 5.74) is 0.0533. The molecule has 6 heteroatoms. The number of hydrogen-bond donors (Lipinski definition) is 2. The smallest absolute Gasteiger partial charge is 0.317 e. The molecule has 0 aliphatic carbocycles. The fraction of sp³-hybridized carbons (Fsp3) is 0.500. The maximum atomic E-state index is 11.9. The summed E-state index contributed by atoms with van der Waals surface area (Å²) in [5.74, 6) is 0.749. The van der Waals surface area contributed by atoms with E-state index < -0.39 is 5.60 Å². The van der Waals surface area contributed by atoms with Crippen molar-refractivity contribution in [3.8, 4) is 5.75 Å². The van der Waals surface area contributed by atoms with Crippen LogP contribution in [0.2, 0.25) is 0 Å². The largest absolute Gasteiger partial charge is 0.496 e. The molecule has 0 aromatic heterocycles. The number of benzene rings is 1. The van der Waals surface area contributed by atoms with Gasteiger partial charge in [0.05, 0.1) is 23.7 Å². The van der Waals surface area contributed by atoms with Crippen molar-refractivity contribution < 1.29 is 14.6 Å². The minimum Gasteiger partial charge on any atom is -0.496 e. The van der Waals surface area contributed by atoms with Crippen molar-refractivity contribution in [2.24, 2.45) is 0 Å². The Morgan fingerprint density at radius 2 is 2.15 bits per heavy atom. The summed E-state index contributed by atoms with van der Waals surface area (Å²) in [5, 5.41) is 12.5. The van der Waals surface area contributed by atoms with Crippen LogP contribution >= 0.6 is 15.9 Å². The van der Waals surface area contributed by atoms with Crippen LogP contribution in [0.15, 0.2) is 22.7 Å². The number of rotatable bonds is 5. The van der Waals surface area contributed by atoms with Crippen molar-refractivity contribution >= 4 is 22.0 Å². The molecule has 0 unspecified atom stereocenters. The van der Waals surface area contributed by atoms with E-state index in [1.165, 1.54) is 4.90 Å². The zero-order valence-corrected chi connectivity index (χ0v) is 13.8. The third-order valence-corrected chi connectivity index (χ3v) is 3.25. The van der Waals surface area contributed by atoms with Crippen LogP contribution in [0.5, 0.6) is 5.75 Å². The molecule has 0 aliphatic heterocycles. The van der Waals surface area contributed by atoms with Crippen molar-refractivity contribution in [1.29, 1.82) is 0 Å². The number of urea groups is 1. The van der Waals surface area contributed by atoms with Gasteiger partial charge < -0.3 is 20.1 Å². The van der Waals surface area contributed by atoms with Gasteiger partial charge in [0.2, 0.25) is 0 Å². The van der Waals surface area contributed by atoms with Gasteiger partial charge in [-0.25, -0.2) is 4.79 Å². The van der Waals surface area contributed by atoms with Crippen molar-refractivity contribution in [3.63, 3.8) is 0 Å². The molecular formula is C14H21BrN2O3. The van der Waals surface area contributed by atoms with Gasteiger partial charge in [-0.1, -0.05) is 6.07 Å². The number of nitrogens with zero attached hydrogens (tertiary/aromatic N) is 1. The molecule has 0 atom stereocenters. The lowest BCUT2D eigenvalue weighted by Gasteiger charge is -2.25. The minimum absolute atomic E-state index is 0.223. The number of halogens is 1. The average Bonchev–Trinajstić information content (AvgIpc) is 2.34. The molecule has 2 N–H and O–H groups in total. The average molecular weight is 345 g/mol.